The zero-order valence-electron chi connectivity index (χ0n) is 40.0. The molecule has 4 atom stereocenters. The minimum absolute atomic E-state index is 0.103. The van der Waals surface area contributed by atoms with Crippen LogP contribution in [0.25, 0.3) is 16.5 Å². The maximum absolute atomic E-state index is 15.6. The van der Waals surface area contributed by atoms with Gasteiger partial charge in [-0.05, 0) is 97.8 Å². The molecule has 2 heterocycles. The fourth-order valence-electron chi connectivity index (χ4n) is 8.85. The number of nitrogens with one attached hydrogen (secondary N) is 5. The number of esters is 1. The van der Waals surface area contributed by atoms with Crippen molar-refractivity contribution >= 4 is 57.8 Å². The summed E-state index contributed by atoms with van der Waals surface area (Å²) in [5.41, 5.74) is 6.43. The van der Waals surface area contributed by atoms with Gasteiger partial charge in [0, 0.05) is 29.9 Å². The summed E-state index contributed by atoms with van der Waals surface area (Å²) in [6.07, 6.45) is 8.71. The molecule has 5 amide bonds. The minimum Gasteiger partial charge on any atom is -0.460 e. The third-order valence-electron chi connectivity index (χ3n) is 12.8. The normalized spacial score (nSPS) is 16.7. The van der Waals surface area contributed by atoms with E-state index in [1.807, 2.05) is 38.1 Å². The van der Waals surface area contributed by atoms with Crippen LogP contribution in [-0.2, 0) is 57.6 Å². The standard InChI is InChI=1S/C52H67FN6O8/c1-8-11-12-16-19-44(61)54-26-45(62)55-27-46(63)58-43(24-34-17-14-13-15-18-34)51(65)56-28-47(64)57-41-21-20-36-32(6)40(53)25-42-48(36)49(41)38(22-30(4)9-2)50(59-42)31(5)23-37-35(10-3)52(66)67-29-39(37)33(7)60/h13-15,17-18,23,25,30,35,41,43H,8-12,16,19-22,24,26-29H2,1-7H3,(H,54,61)(H,55,62)(H,56,65)(H,57,64)(H,58,63)/b31-23+. The highest BCUT2D eigenvalue weighted by Crippen LogP contribution is 2.43. The average molecular weight is 923 g/mol. The third-order valence-corrected chi connectivity index (χ3v) is 12.8. The lowest BCUT2D eigenvalue weighted by Crippen LogP contribution is -2.52. The Hall–Kier alpha value is -6.25. The molecule has 1 aromatic heterocycles. The second kappa shape index (κ2) is 24.5. The van der Waals surface area contributed by atoms with Crippen LogP contribution in [0.5, 0.6) is 0 Å². The number of cyclic esters (lactones) is 1. The molecule has 15 heteroatoms. The summed E-state index contributed by atoms with van der Waals surface area (Å²) in [5, 5.41) is 14.3. The number of hydrogen-bond donors (Lipinski definition) is 5. The van der Waals surface area contributed by atoms with Crippen molar-refractivity contribution in [1.82, 2.24) is 31.6 Å². The Morgan fingerprint density at radius 3 is 2.28 bits per heavy atom. The Bertz CT molecular complexity index is 2410. The number of rotatable bonds is 23. The molecule has 5 N–H and O–H groups in total. The number of halogens is 1. The molecule has 5 rings (SSSR count). The average Bonchev–Trinajstić information content (AvgIpc) is 3.30. The quantitative estimate of drug-likeness (QED) is 0.0535. The van der Waals surface area contributed by atoms with E-state index in [0.717, 1.165) is 59.7 Å². The maximum atomic E-state index is 15.6. The van der Waals surface area contributed by atoms with E-state index in [9.17, 15) is 33.6 Å². The molecule has 0 fully saturated rings. The predicted octanol–water partition coefficient (Wildman–Crippen LogP) is 6.29. The van der Waals surface area contributed by atoms with Crippen LogP contribution in [0.4, 0.5) is 4.39 Å². The Balaban J connectivity index is 1.38. The monoisotopic (exact) mass is 923 g/mol. The molecular weight excluding hydrogens is 856 g/mol. The second-order valence-corrected chi connectivity index (χ2v) is 17.9. The van der Waals surface area contributed by atoms with Gasteiger partial charge in [0.25, 0.3) is 0 Å². The van der Waals surface area contributed by atoms with Crippen LogP contribution >= 0.6 is 0 Å². The molecule has 4 unspecified atom stereocenters. The van der Waals surface area contributed by atoms with Gasteiger partial charge >= 0.3 is 5.97 Å². The number of ether oxygens (including phenoxy) is 1. The summed E-state index contributed by atoms with van der Waals surface area (Å²) in [5.74, 6) is -4.01. The van der Waals surface area contributed by atoms with E-state index in [4.69, 9.17) is 9.72 Å². The molecule has 360 valence electrons. The molecule has 1 aliphatic heterocycles. The summed E-state index contributed by atoms with van der Waals surface area (Å²) in [4.78, 5) is 96.3. The van der Waals surface area contributed by atoms with Crippen molar-refractivity contribution in [3.8, 4) is 0 Å². The van der Waals surface area contributed by atoms with Gasteiger partial charge in [0.05, 0.1) is 42.8 Å². The lowest BCUT2D eigenvalue weighted by atomic mass is 9.78. The van der Waals surface area contributed by atoms with Crippen LogP contribution in [0.3, 0.4) is 0 Å². The fourth-order valence-corrected chi connectivity index (χ4v) is 8.85. The first kappa shape index (κ1) is 51.7. The molecule has 0 bridgehead atoms. The van der Waals surface area contributed by atoms with E-state index in [1.54, 1.807) is 19.1 Å². The van der Waals surface area contributed by atoms with Gasteiger partial charge in [-0.2, -0.15) is 0 Å². The van der Waals surface area contributed by atoms with E-state index in [2.05, 4.69) is 47.4 Å². The number of carbonyl (C=O) groups excluding carboxylic acids is 7. The molecule has 3 aromatic rings. The fraction of sp³-hybridized carbons (Fsp3) is 0.500. The highest BCUT2D eigenvalue weighted by atomic mass is 19.1. The maximum Gasteiger partial charge on any atom is 0.313 e. The number of aryl methyl sites for hydroxylation is 1. The van der Waals surface area contributed by atoms with E-state index < -0.39 is 66.5 Å². The molecule has 2 aromatic carbocycles. The van der Waals surface area contributed by atoms with Crippen LogP contribution in [0.1, 0.15) is 132 Å². The van der Waals surface area contributed by atoms with Gasteiger partial charge in [0.1, 0.15) is 18.5 Å². The number of pyridine rings is 1. The molecule has 0 spiro atoms. The number of benzene rings is 2. The number of hydrogen-bond acceptors (Lipinski definition) is 9. The van der Waals surface area contributed by atoms with E-state index >= 15 is 4.39 Å². The molecule has 0 saturated heterocycles. The minimum atomic E-state index is -1.10. The van der Waals surface area contributed by atoms with E-state index in [-0.39, 0.29) is 37.2 Å². The van der Waals surface area contributed by atoms with Crippen molar-refractivity contribution < 1.29 is 42.7 Å². The first-order valence-electron chi connectivity index (χ1n) is 23.7. The predicted molar refractivity (Wildman–Crippen MR) is 255 cm³/mol. The number of nitrogens with zero attached hydrogens (tertiary/aromatic N) is 1. The largest absolute Gasteiger partial charge is 0.460 e. The number of Topliss-reactive ketones (excluding diaryl/α,β-unsaturated/α-hetero) is 1. The zero-order valence-corrected chi connectivity index (χ0v) is 40.0. The van der Waals surface area contributed by atoms with Gasteiger partial charge < -0.3 is 31.3 Å². The van der Waals surface area contributed by atoms with E-state index in [1.165, 1.54) is 13.0 Å². The van der Waals surface area contributed by atoms with Crippen molar-refractivity contribution in [2.24, 2.45) is 11.8 Å². The Labute approximate surface area is 393 Å². The lowest BCUT2D eigenvalue weighted by molar-refractivity contribution is -0.147. The molecule has 14 nitrogen and oxygen atoms in total. The lowest BCUT2D eigenvalue weighted by Gasteiger charge is -2.32. The molecule has 67 heavy (non-hydrogen) atoms. The highest BCUT2D eigenvalue weighted by Gasteiger charge is 2.34. The second-order valence-electron chi connectivity index (χ2n) is 17.9. The number of unbranched alkanes of at least 4 members (excludes halogenated alkanes) is 3. The van der Waals surface area contributed by atoms with Gasteiger partial charge in [0.2, 0.25) is 29.5 Å². The van der Waals surface area contributed by atoms with Crippen molar-refractivity contribution in [2.75, 3.05) is 26.2 Å². The van der Waals surface area contributed by atoms with Crippen LogP contribution in [0.15, 0.2) is 53.6 Å². The topological polar surface area (TPSA) is 202 Å². The number of allylic oxidation sites excluding steroid dienone is 2. The Morgan fingerprint density at radius 1 is 0.896 bits per heavy atom. The Morgan fingerprint density at radius 2 is 1.60 bits per heavy atom. The van der Waals surface area contributed by atoms with E-state index in [0.29, 0.717) is 65.6 Å². The van der Waals surface area contributed by atoms with Crippen LogP contribution < -0.4 is 26.6 Å². The van der Waals surface area contributed by atoms with Gasteiger partial charge in [0.15, 0.2) is 5.78 Å². The van der Waals surface area contributed by atoms with Gasteiger partial charge in [-0.25, -0.2) is 9.37 Å². The summed E-state index contributed by atoms with van der Waals surface area (Å²) in [7, 11) is 0. The van der Waals surface area contributed by atoms with Gasteiger partial charge in [-0.15, -0.1) is 0 Å². The third kappa shape index (κ3) is 13.7. The van der Waals surface area contributed by atoms with Crippen LogP contribution in [0, 0.1) is 24.6 Å². The SMILES string of the molecule is CCCCCCC(=O)NCC(=O)NCC(=O)NC(Cc1ccccc1)C(=O)NCC(=O)NC1CCc2c(C)c(F)cc3nc(/C(C)=C/C4=C(C(C)=O)COC(=O)C4CC)c(CC(C)CC)c1c23. The number of aromatic nitrogens is 1. The number of carbonyl (C=O) groups is 7. The summed E-state index contributed by atoms with van der Waals surface area (Å²) in [6, 6.07) is 8.82. The smallest absolute Gasteiger partial charge is 0.313 e. The van der Waals surface area contributed by atoms with Crippen molar-refractivity contribution in [2.45, 2.75) is 131 Å². The van der Waals surface area contributed by atoms with Crippen molar-refractivity contribution in [3.05, 3.63) is 92.9 Å². The first-order valence-corrected chi connectivity index (χ1v) is 23.7. The Kier molecular flexibility index (Phi) is 18.9. The molecule has 0 radical (unpaired) electrons. The molecule has 0 saturated carbocycles. The van der Waals surface area contributed by atoms with Crippen LogP contribution in [0.2, 0.25) is 0 Å². The van der Waals surface area contributed by atoms with Crippen LogP contribution in [-0.4, -0.2) is 78.6 Å². The molecular formula is C52H67FN6O8. The number of amides is 5. The summed E-state index contributed by atoms with van der Waals surface area (Å²) in [6.45, 7) is 11.9. The van der Waals surface area contributed by atoms with Crippen molar-refractivity contribution in [1.29, 1.82) is 0 Å². The summed E-state index contributed by atoms with van der Waals surface area (Å²) >= 11 is 0. The van der Waals surface area contributed by atoms with Crippen molar-refractivity contribution in [3.63, 3.8) is 0 Å². The first-order chi connectivity index (χ1) is 32.1. The summed E-state index contributed by atoms with van der Waals surface area (Å²) < 4.78 is 21.0. The van der Waals surface area contributed by atoms with Gasteiger partial charge in [-0.3, -0.25) is 33.6 Å². The highest BCUT2D eigenvalue weighted by molar-refractivity contribution is 5.99. The molecule has 2 aliphatic rings. The van der Waals surface area contributed by atoms with Gasteiger partial charge in [-0.1, -0.05) is 89.8 Å². The zero-order chi connectivity index (χ0) is 48.8. The number of ketones is 1. The molecule has 1 aliphatic carbocycles.